The van der Waals surface area contributed by atoms with Crippen LogP contribution in [0.3, 0.4) is 0 Å². The lowest BCUT2D eigenvalue weighted by atomic mass is 9.98. The summed E-state index contributed by atoms with van der Waals surface area (Å²) in [4.78, 5) is 31.7. The molecule has 0 fully saturated rings. The number of pyridine rings is 2. The molecule has 74 heavy (non-hydrogen) atoms. The van der Waals surface area contributed by atoms with Crippen LogP contribution in [-0.2, 0) is 47.2 Å². The minimum atomic E-state index is -3.87. The maximum absolute atomic E-state index is 13.4. The number of nitrogens with one attached hydrogen (secondary N) is 2. The Hall–Kier alpha value is -6.46. The normalized spacial score (nSPS) is 15.9. The molecule has 2 aromatic heterocycles. The molecule has 0 saturated heterocycles. The van der Waals surface area contributed by atoms with Gasteiger partial charge in [0.1, 0.15) is 17.1 Å². The minimum absolute atomic E-state index is 0.0191. The summed E-state index contributed by atoms with van der Waals surface area (Å²) in [6, 6.07) is 33.1. The molecule has 2 atom stereocenters. The zero-order valence-electron chi connectivity index (χ0n) is 43.3. The van der Waals surface area contributed by atoms with Crippen LogP contribution in [0.2, 0.25) is 0 Å². The first-order valence-corrected chi connectivity index (χ1v) is 28.2. The van der Waals surface area contributed by atoms with Gasteiger partial charge in [-0.3, -0.25) is 0 Å². The Bertz CT molecular complexity index is 3140. The van der Waals surface area contributed by atoms with Crippen LogP contribution in [0.4, 0.5) is 0 Å². The van der Waals surface area contributed by atoms with Gasteiger partial charge >= 0.3 is 11.9 Å². The molecular weight excluding hydrogens is 977 g/mol. The fraction of sp³-hybridized carbons (Fsp3) is 0.379. The third-order valence-corrected chi connectivity index (χ3v) is 15.7. The van der Waals surface area contributed by atoms with Gasteiger partial charge in [0, 0.05) is 35.6 Å². The first kappa shape index (κ1) is 55.3. The number of ether oxygens (including phenoxy) is 3. The smallest absolute Gasteiger partial charge is 0.344 e. The minimum Gasteiger partial charge on any atom is -0.482 e. The van der Waals surface area contributed by atoms with E-state index in [0.29, 0.717) is 42.6 Å². The van der Waals surface area contributed by atoms with E-state index in [2.05, 4.69) is 71.4 Å². The van der Waals surface area contributed by atoms with Gasteiger partial charge in [0.05, 0.1) is 0 Å². The molecule has 2 heterocycles. The van der Waals surface area contributed by atoms with Gasteiger partial charge in [0.2, 0.25) is 0 Å². The fourth-order valence-electron chi connectivity index (χ4n) is 9.20. The topological polar surface area (TPSA) is 200 Å². The van der Waals surface area contributed by atoms with Gasteiger partial charge in [-0.2, -0.15) is 0 Å². The van der Waals surface area contributed by atoms with Crippen LogP contribution in [0.25, 0.3) is 22.3 Å². The van der Waals surface area contributed by atoms with Gasteiger partial charge in [-0.25, -0.2) is 45.8 Å². The van der Waals surface area contributed by atoms with Crippen LogP contribution < -0.4 is 18.9 Å². The quantitative estimate of drug-likeness (QED) is 0.0613. The van der Waals surface area contributed by atoms with E-state index in [1.54, 1.807) is 42.7 Å². The number of carbonyl (C=O) groups excluding carboxylic acids is 1. The molecule has 0 saturated carbocycles. The zero-order valence-corrected chi connectivity index (χ0v) is 44.9. The number of carboxylic acid groups (broad SMARTS) is 1. The van der Waals surface area contributed by atoms with Crippen molar-refractivity contribution < 1.29 is 45.7 Å². The Kier molecular flexibility index (Phi) is 18.1. The highest BCUT2D eigenvalue weighted by Crippen LogP contribution is 2.37. The van der Waals surface area contributed by atoms with Crippen molar-refractivity contribution in [2.45, 2.75) is 139 Å². The van der Waals surface area contributed by atoms with Gasteiger partial charge in [-0.15, -0.1) is 0 Å². The highest BCUT2D eigenvalue weighted by atomic mass is 32.2. The molecule has 4 aromatic carbocycles. The van der Waals surface area contributed by atoms with Crippen molar-refractivity contribution >= 4 is 32.0 Å². The maximum atomic E-state index is 13.4. The molecule has 8 rings (SSSR count). The lowest BCUT2D eigenvalue weighted by molar-refractivity contribution is -0.157. The van der Waals surface area contributed by atoms with E-state index in [-0.39, 0.29) is 16.7 Å². The molecule has 0 amide bonds. The SMILES string of the molecule is CC(C)c1cccc(-c2ccc(S(=O)(=O)NC3CCCCc4c(OCC(=O)O)cccc43)nc2)c1.CC(C)c1cccc(-c2ccc(S(=O)(=O)NC3CCCCc4c(OCC(=O)OC(C)(C)C)cccc43)nc2)c1. The van der Waals surface area contributed by atoms with E-state index in [1.165, 1.54) is 17.2 Å². The Labute approximate surface area is 436 Å². The third kappa shape index (κ3) is 14.6. The molecule has 16 heteroatoms. The first-order valence-electron chi connectivity index (χ1n) is 25.3. The van der Waals surface area contributed by atoms with Gasteiger partial charge in [0.25, 0.3) is 20.0 Å². The summed E-state index contributed by atoms with van der Waals surface area (Å²) >= 11 is 0. The number of hydrogen-bond acceptors (Lipinski definition) is 11. The standard InChI is InChI=1S/C31H38N2O5S.C27H30N2O5S/c1-21(2)22-10-8-11-23(18-22)24-16-17-29(32-19-24)39(35,36)33-27-14-7-6-12-26-25(27)13-9-15-28(26)37-20-30(34)38-31(3,4)5;1-18(2)19-7-5-8-20(15-19)21-13-14-26(28-16-21)35(32,33)29-24-11-4-3-9-23-22(24)10-6-12-25(23)34-17-27(30)31/h8-11,13,15-19,21,27,33H,6-7,12,14,20H2,1-5H3;5-8,10,12-16,18,24,29H,3-4,9,11,17H2,1-2H3,(H,30,31). The number of fused-ring (bicyclic) bond motifs is 2. The second kappa shape index (κ2) is 24.3. The average molecular weight is 1050 g/mol. The summed E-state index contributed by atoms with van der Waals surface area (Å²) in [7, 11) is -7.75. The first-order chi connectivity index (χ1) is 35.2. The van der Waals surface area contributed by atoms with Crippen LogP contribution in [-0.4, -0.2) is 62.7 Å². The number of nitrogens with zero attached hydrogens (tertiary/aromatic N) is 2. The largest absolute Gasteiger partial charge is 0.482 e. The second-order valence-electron chi connectivity index (χ2n) is 20.4. The molecule has 6 aromatic rings. The molecule has 2 aliphatic carbocycles. The number of aliphatic carboxylic acids is 1. The van der Waals surface area contributed by atoms with Crippen LogP contribution in [0, 0.1) is 0 Å². The molecule has 0 aliphatic heterocycles. The highest BCUT2D eigenvalue weighted by molar-refractivity contribution is 7.89. The number of carboxylic acids is 1. The van der Waals surface area contributed by atoms with E-state index >= 15 is 0 Å². The van der Waals surface area contributed by atoms with E-state index in [9.17, 15) is 26.4 Å². The molecule has 3 N–H and O–H groups in total. The zero-order chi connectivity index (χ0) is 53.2. The number of sulfonamides is 2. The number of aromatic nitrogens is 2. The fourth-order valence-corrected chi connectivity index (χ4v) is 11.6. The van der Waals surface area contributed by atoms with Crippen molar-refractivity contribution in [2.75, 3.05) is 13.2 Å². The summed E-state index contributed by atoms with van der Waals surface area (Å²) in [5, 5.41) is 8.92. The van der Waals surface area contributed by atoms with E-state index in [1.807, 2.05) is 69.3 Å². The number of rotatable bonds is 16. The van der Waals surface area contributed by atoms with Crippen molar-refractivity contribution in [3.05, 3.63) is 155 Å². The Morgan fingerprint density at radius 3 is 1.42 bits per heavy atom. The van der Waals surface area contributed by atoms with Gasteiger partial charge < -0.3 is 19.3 Å². The van der Waals surface area contributed by atoms with Gasteiger partial charge in [-0.1, -0.05) is 113 Å². The number of hydrogen-bond donors (Lipinski definition) is 3. The Balaban J connectivity index is 0.000000217. The van der Waals surface area contributed by atoms with Crippen molar-refractivity contribution in [1.29, 1.82) is 0 Å². The Morgan fingerprint density at radius 2 is 1.03 bits per heavy atom. The molecule has 2 unspecified atom stereocenters. The van der Waals surface area contributed by atoms with Crippen LogP contribution in [0.15, 0.2) is 132 Å². The third-order valence-electron chi connectivity index (χ3n) is 12.9. The predicted molar refractivity (Wildman–Crippen MR) is 286 cm³/mol. The maximum Gasteiger partial charge on any atom is 0.344 e. The Morgan fingerprint density at radius 1 is 0.595 bits per heavy atom. The molecule has 0 spiro atoms. The summed E-state index contributed by atoms with van der Waals surface area (Å²) in [6.45, 7) is 13.3. The highest BCUT2D eigenvalue weighted by Gasteiger charge is 2.29. The molecule has 14 nitrogen and oxygen atoms in total. The van der Waals surface area contributed by atoms with Crippen LogP contribution >= 0.6 is 0 Å². The lowest BCUT2D eigenvalue weighted by Crippen LogP contribution is -2.30. The van der Waals surface area contributed by atoms with Gasteiger partial charge in [-0.05, 0) is 152 Å². The van der Waals surface area contributed by atoms with E-state index in [0.717, 1.165) is 76.6 Å². The average Bonchev–Trinajstić information content (AvgIpc) is 3.70. The molecule has 392 valence electrons. The van der Waals surface area contributed by atoms with Crippen LogP contribution in [0.5, 0.6) is 11.5 Å². The van der Waals surface area contributed by atoms with Crippen molar-refractivity contribution in [1.82, 2.24) is 19.4 Å². The van der Waals surface area contributed by atoms with Crippen molar-refractivity contribution in [3.8, 4) is 33.8 Å². The summed E-state index contributed by atoms with van der Waals surface area (Å²) in [5.74, 6) is 0.352. The molecular formula is C58H68N4O10S2. The lowest BCUT2D eigenvalue weighted by Gasteiger charge is -2.22. The summed E-state index contributed by atoms with van der Waals surface area (Å²) < 4.78 is 75.6. The number of benzene rings is 4. The van der Waals surface area contributed by atoms with Crippen molar-refractivity contribution in [3.63, 3.8) is 0 Å². The van der Waals surface area contributed by atoms with Gasteiger partial charge in [0.15, 0.2) is 23.3 Å². The number of esters is 1. The number of carbonyl (C=O) groups is 2. The van der Waals surface area contributed by atoms with Crippen LogP contribution in [0.1, 0.15) is 144 Å². The van der Waals surface area contributed by atoms with E-state index < -0.39 is 56.3 Å². The molecule has 0 radical (unpaired) electrons. The molecule has 2 aliphatic rings. The molecule has 0 bridgehead atoms. The second-order valence-corrected chi connectivity index (χ2v) is 23.7. The summed E-state index contributed by atoms with van der Waals surface area (Å²) in [6.07, 6.45) is 9.36. The van der Waals surface area contributed by atoms with E-state index in [4.69, 9.17) is 19.3 Å². The predicted octanol–water partition coefficient (Wildman–Crippen LogP) is 11.4. The van der Waals surface area contributed by atoms with Crippen molar-refractivity contribution in [2.24, 2.45) is 0 Å². The monoisotopic (exact) mass is 1040 g/mol. The summed E-state index contributed by atoms with van der Waals surface area (Å²) in [5.41, 5.74) is 8.99.